The van der Waals surface area contributed by atoms with Crippen LogP contribution in [0.4, 0.5) is 0 Å². The van der Waals surface area contributed by atoms with Crippen LogP contribution in [0.5, 0.6) is 0 Å². The van der Waals surface area contributed by atoms with Crippen molar-refractivity contribution in [3.05, 3.63) is 34.3 Å². The predicted octanol–water partition coefficient (Wildman–Crippen LogP) is 2.71. The molecule has 0 aliphatic heterocycles. The Labute approximate surface area is 125 Å². The van der Waals surface area contributed by atoms with Crippen LogP contribution in [-0.4, -0.2) is 42.2 Å². The van der Waals surface area contributed by atoms with Gasteiger partial charge in [-0.25, -0.2) is 0 Å². The molecule has 0 spiro atoms. The number of halogens is 1. The molecule has 112 valence electrons. The molecular formula is C15H23ClN2O2. The minimum atomic E-state index is -0.866. The summed E-state index contributed by atoms with van der Waals surface area (Å²) in [5.41, 5.74) is 1.65. The maximum absolute atomic E-state index is 11.4. The van der Waals surface area contributed by atoms with E-state index in [1.807, 2.05) is 6.92 Å². The second-order valence-electron chi connectivity index (χ2n) is 4.75. The maximum Gasteiger partial charge on any atom is 0.325 e. The number of likely N-dealkylation sites (N-methyl/N-ethyl adjacent to an activating group) is 1. The van der Waals surface area contributed by atoms with Crippen molar-refractivity contribution in [3.63, 3.8) is 0 Å². The fourth-order valence-corrected chi connectivity index (χ4v) is 2.43. The van der Waals surface area contributed by atoms with Gasteiger partial charge in [0.2, 0.25) is 0 Å². The minimum Gasteiger partial charge on any atom is -0.480 e. The molecule has 1 rings (SSSR count). The fraction of sp³-hybridized carbons (Fsp3) is 0.533. The van der Waals surface area contributed by atoms with E-state index in [2.05, 4.69) is 24.1 Å². The summed E-state index contributed by atoms with van der Waals surface area (Å²) in [7, 11) is 0. The van der Waals surface area contributed by atoms with E-state index in [4.69, 9.17) is 11.6 Å². The number of hydrogen-bond acceptors (Lipinski definition) is 3. The lowest BCUT2D eigenvalue weighted by Crippen LogP contribution is -2.36. The number of carbonyl (C=O) groups is 1. The molecule has 0 bridgehead atoms. The van der Waals surface area contributed by atoms with Crippen LogP contribution in [0.25, 0.3) is 0 Å². The quantitative estimate of drug-likeness (QED) is 0.775. The lowest BCUT2D eigenvalue weighted by atomic mass is 10.0. The molecule has 0 amide bonds. The van der Waals surface area contributed by atoms with Gasteiger partial charge >= 0.3 is 5.97 Å². The van der Waals surface area contributed by atoms with Gasteiger partial charge in [-0.05, 0) is 43.3 Å². The van der Waals surface area contributed by atoms with Crippen molar-refractivity contribution in [3.8, 4) is 0 Å². The average Bonchev–Trinajstić information content (AvgIpc) is 2.40. The zero-order valence-corrected chi connectivity index (χ0v) is 13.1. The highest BCUT2D eigenvalue weighted by Gasteiger charge is 2.21. The molecule has 5 heteroatoms. The van der Waals surface area contributed by atoms with Crippen LogP contribution in [0.3, 0.4) is 0 Å². The highest BCUT2D eigenvalue weighted by atomic mass is 35.5. The van der Waals surface area contributed by atoms with E-state index in [-0.39, 0.29) is 0 Å². The average molecular weight is 299 g/mol. The van der Waals surface area contributed by atoms with E-state index >= 15 is 0 Å². The van der Waals surface area contributed by atoms with Gasteiger partial charge in [-0.15, -0.1) is 0 Å². The molecule has 1 aromatic carbocycles. The van der Waals surface area contributed by atoms with Gasteiger partial charge in [-0.3, -0.25) is 10.1 Å². The minimum absolute atomic E-state index is 0.624. The molecule has 0 aliphatic carbocycles. The zero-order chi connectivity index (χ0) is 15.1. The molecule has 0 saturated heterocycles. The molecule has 1 aromatic rings. The molecule has 0 saturated carbocycles. The summed E-state index contributed by atoms with van der Waals surface area (Å²) in [5.74, 6) is -0.866. The number of carboxylic acids is 1. The summed E-state index contributed by atoms with van der Waals surface area (Å²) in [6, 6.07) is 4.61. The Hall–Kier alpha value is -1.10. The first-order chi connectivity index (χ1) is 9.49. The van der Waals surface area contributed by atoms with Crippen LogP contribution in [-0.2, 0) is 4.79 Å². The first-order valence-corrected chi connectivity index (χ1v) is 7.32. The van der Waals surface area contributed by atoms with Crippen molar-refractivity contribution >= 4 is 17.6 Å². The number of rotatable bonds is 8. The summed E-state index contributed by atoms with van der Waals surface area (Å²) < 4.78 is 0. The third-order valence-corrected chi connectivity index (χ3v) is 3.70. The fourth-order valence-electron chi connectivity index (χ4n) is 2.20. The summed E-state index contributed by atoms with van der Waals surface area (Å²) in [6.07, 6.45) is 0. The van der Waals surface area contributed by atoms with Gasteiger partial charge in [0.25, 0.3) is 0 Å². The summed E-state index contributed by atoms with van der Waals surface area (Å²) >= 11 is 5.91. The van der Waals surface area contributed by atoms with Gasteiger partial charge in [-0.1, -0.05) is 31.5 Å². The second kappa shape index (κ2) is 8.25. The van der Waals surface area contributed by atoms with Crippen molar-refractivity contribution in [2.75, 3.05) is 26.2 Å². The van der Waals surface area contributed by atoms with Gasteiger partial charge < -0.3 is 10.0 Å². The number of nitrogens with one attached hydrogen (secondary N) is 1. The van der Waals surface area contributed by atoms with Crippen LogP contribution < -0.4 is 5.32 Å². The van der Waals surface area contributed by atoms with Gasteiger partial charge in [0.15, 0.2) is 0 Å². The second-order valence-corrected chi connectivity index (χ2v) is 5.19. The molecular weight excluding hydrogens is 276 g/mol. The molecule has 20 heavy (non-hydrogen) atoms. The van der Waals surface area contributed by atoms with Crippen molar-refractivity contribution in [2.24, 2.45) is 0 Å². The molecule has 0 heterocycles. The number of benzene rings is 1. The van der Waals surface area contributed by atoms with Gasteiger partial charge in [-0.2, -0.15) is 0 Å². The Balaban J connectivity index is 2.72. The van der Waals surface area contributed by atoms with Crippen LogP contribution in [0.1, 0.15) is 31.0 Å². The standard InChI is InChI=1S/C15H23ClN2O2/c1-4-18(5-2)9-8-17-14(15(19)20)13-7-6-12(16)10-11(13)3/h6-7,10,14,17H,4-5,8-9H2,1-3H3,(H,19,20). The first-order valence-electron chi connectivity index (χ1n) is 6.94. The monoisotopic (exact) mass is 298 g/mol. The zero-order valence-electron chi connectivity index (χ0n) is 12.3. The highest BCUT2D eigenvalue weighted by Crippen LogP contribution is 2.21. The molecule has 0 radical (unpaired) electrons. The molecule has 0 aliphatic rings. The number of aliphatic carboxylic acids is 1. The van der Waals surface area contributed by atoms with E-state index in [1.54, 1.807) is 18.2 Å². The molecule has 1 unspecified atom stereocenters. The van der Waals surface area contributed by atoms with Crippen molar-refractivity contribution in [2.45, 2.75) is 26.8 Å². The lowest BCUT2D eigenvalue weighted by Gasteiger charge is -2.21. The van der Waals surface area contributed by atoms with Gasteiger partial charge in [0.05, 0.1) is 0 Å². The first kappa shape index (κ1) is 17.0. The van der Waals surface area contributed by atoms with E-state index in [9.17, 15) is 9.90 Å². The molecule has 2 N–H and O–H groups in total. The van der Waals surface area contributed by atoms with E-state index in [0.29, 0.717) is 11.6 Å². The Morgan fingerprint density at radius 1 is 1.40 bits per heavy atom. The van der Waals surface area contributed by atoms with Crippen LogP contribution in [0, 0.1) is 6.92 Å². The molecule has 1 atom stereocenters. The number of carboxylic acid groups (broad SMARTS) is 1. The van der Waals surface area contributed by atoms with Crippen molar-refractivity contribution in [1.29, 1.82) is 0 Å². The topological polar surface area (TPSA) is 52.6 Å². The smallest absolute Gasteiger partial charge is 0.325 e. The highest BCUT2D eigenvalue weighted by molar-refractivity contribution is 6.30. The normalized spacial score (nSPS) is 12.7. The largest absolute Gasteiger partial charge is 0.480 e. The Bertz CT molecular complexity index is 447. The summed E-state index contributed by atoms with van der Waals surface area (Å²) in [4.78, 5) is 13.7. The molecule has 0 fully saturated rings. The van der Waals surface area contributed by atoms with Crippen LogP contribution in [0.15, 0.2) is 18.2 Å². The third kappa shape index (κ3) is 4.78. The predicted molar refractivity (Wildman–Crippen MR) is 82.4 cm³/mol. The number of hydrogen-bond donors (Lipinski definition) is 2. The Morgan fingerprint density at radius 3 is 2.55 bits per heavy atom. The summed E-state index contributed by atoms with van der Waals surface area (Å²) in [6.45, 7) is 9.49. The SMILES string of the molecule is CCN(CC)CCNC(C(=O)O)c1ccc(Cl)cc1C. The molecule has 0 aromatic heterocycles. The Kier molecular flexibility index (Phi) is 6.99. The third-order valence-electron chi connectivity index (χ3n) is 3.46. The van der Waals surface area contributed by atoms with E-state index in [0.717, 1.165) is 30.8 Å². The van der Waals surface area contributed by atoms with Crippen LogP contribution in [0.2, 0.25) is 5.02 Å². The number of nitrogens with zero attached hydrogens (tertiary/aromatic N) is 1. The summed E-state index contributed by atoms with van der Waals surface area (Å²) in [5, 5.41) is 13.1. The van der Waals surface area contributed by atoms with Gasteiger partial charge in [0.1, 0.15) is 6.04 Å². The van der Waals surface area contributed by atoms with Crippen LogP contribution >= 0.6 is 11.6 Å². The Morgan fingerprint density at radius 2 is 2.05 bits per heavy atom. The maximum atomic E-state index is 11.4. The van der Waals surface area contributed by atoms with E-state index in [1.165, 1.54) is 0 Å². The van der Waals surface area contributed by atoms with Gasteiger partial charge in [0, 0.05) is 18.1 Å². The van der Waals surface area contributed by atoms with Crippen molar-refractivity contribution in [1.82, 2.24) is 10.2 Å². The van der Waals surface area contributed by atoms with Crippen molar-refractivity contribution < 1.29 is 9.90 Å². The number of aryl methyl sites for hydroxylation is 1. The molecule has 4 nitrogen and oxygen atoms in total. The van der Waals surface area contributed by atoms with E-state index < -0.39 is 12.0 Å². The lowest BCUT2D eigenvalue weighted by molar-refractivity contribution is -0.139.